The first kappa shape index (κ1) is 16.4. The molecule has 0 saturated carbocycles. The predicted octanol–water partition coefficient (Wildman–Crippen LogP) is 1.18. The summed E-state index contributed by atoms with van der Waals surface area (Å²) in [7, 11) is 1.88. The van der Waals surface area contributed by atoms with Gasteiger partial charge in [-0.15, -0.1) is 0 Å². The second-order valence-corrected chi connectivity index (χ2v) is 4.21. The van der Waals surface area contributed by atoms with Crippen LogP contribution in [0.1, 0.15) is 33.6 Å². The van der Waals surface area contributed by atoms with Crippen LogP contribution in [0.2, 0.25) is 0 Å². The fourth-order valence-corrected chi connectivity index (χ4v) is 1.87. The standard InChI is InChI=1S/C13H29N3O/c1-5-15(6-2)11-8-12-16(7-3)13(17)9-10-14-4/h14H,5-12H2,1-4H3. The largest absolute Gasteiger partial charge is 0.343 e. The van der Waals surface area contributed by atoms with Crippen molar-refractivity contribution in [2.75, 3.05) is 46.3 Å². The quantitative estimate of drug-likeness (QED) is 0.626. The average Bonchev–Trinajstić information content (AvgIpc) is 2.36. The van der Waals surface area contributed by atoms with Crippen molar-refractivity contribution in [1.29, 1.82) is 0 Å². The van der Waals surface area contributed by atoms with Crippen LogP contribution in [0.3, 0.4) is 0 Å². The van der Waals surface area contributed by atoms with Crippen LogP contribution in [0.25, 0.3) is 0 Å². The van der Waals surface area contributed by atoms with Crippen LogP contribution in [0, 0.1) is 0 Å². The zero-order chi connectivity index (χ0) is 13.1. The lowest BCUT2D eigenvalue weighted by molar-refractivity contribution is -0.131. The van der Waals surface area contributed by atoms with E-state index in [1.54, 1.807) is 0 Å². The van der Waals surface area contributed by atoms with E-state index < -0.39 is 0 Å². The molecule has 0 aliphatic carbocycles. The zero-order valence-corrected chi connectivity index (χ0v) is 12.0. The average molecular weight is 243 g/mol. The van der Waals surface area contributed by atoms with E-state index in [0.717, 1.165) is 45.7 Å². The molecule has 17 heavy (non-hydrogen) atoms. The van der Waals surface area contributed by atoms with Crippen LogP contribution < -0.4 is 5.32 Å². The molecule has 0 radical (unpaired) electrons. The summed E-state index contributed by atoms with van der Waals surface area (Å²) < 4.78 is 0. The first-order valence-electron chi connectivity index (χ1n) is 6.84. The fourth-order valence-electron chi connectivity index (χ4n) is 1.87. The van der Waals surface area contributed by atoms with Gasteiger partial charge in [-0.2, -0.15) is 0 Å². The van der Waals surface area contributed by atoms with Crippen molar-refractivity contribution < 1.29 is 4.79 Å². The molecule has 0 unspecified atom stereocenters. The summed E-state index contributed by atoms with van der Waals surface area (Å²) in [6.45, 7) is 12.2. The first-order chi connectivity index (χ1) is 8.19. The molecule has 0 aromatic carbocycles. The molecule has 0 aromatic rings. The Balaban J connectivity index is 3.84. The van der Waals surface area contributed by atoms with E-state index >= 15 is 0 Å². The molecule has 1 amide bonds. The number of amides is 1. The van der Waals surface area contributed by atoms with Crippen LogP contribution in [0.15, 0.2) is 0 Å². The topological polar surface area (TPSA) is 35.6 Å². The molecule has 0 saturated heterocycles. The number of carbonyl (C=O) groups excluding carboxylic acids is 1. The molecule has 4 nitrogen and oxygen atoms in total. The Labute approximate surface area is 106 Å². The van der Waals surface area contributed by atoms with Crippen molar-refractivity contribution in [3.63, 3.8) is 0 Å². The third kappa shape index (κ3) is 7.34. The summed E-state index contributed by atoms with van der Waals surface area (Å²) in [4.78, 5) is 16.2. The molecule has 102 valence electrons. The molecule has 0 bridgehead atoms. The van der Waals surface area contributed by atoms with Gasteiger partial charge in [-0.05, 0) is 40.0 Å². The van der Waals surface area contributed by atoms with Gasteiger partial charge in [0.25, 0.3) is 0 Å². The minimum Gasteiger partial charge on any atom is -0.343 e. The normalized spacial score (nSPS) is 10.9. The third-order valence-corrected chi connectivity index (χ3v) is 3.12. The number of nitrogens with one attached hydrogen (secondary N) is 1. The van der Waals surface area contributed by atoms with Gasteiger partial charge in [0.1, 0.15) is 0 Å². The second kappa shape index (κ2) is 10.5. The van der Waals surface area contributed by atoms with Gasteiger partial charge in [-0.3, -0.25) is 4.79 Å². The van der Waals surface area contributed by atoms with Gasteiger partial charge in [0.05, 0.1) is 0 Å². The van der Waals surface area contributed by atoms with E-state index in [1.165, 1.54) is 0 Å². The molecule has 0 fully saturated rings. The summed E-state index contributed by atoms with van der Waals surface area (Å²) in [5.41, 5.74) is 0. The van der Waals surface area contributed by atoms with E-state index in [-0.39, 0.29) is 5.91 Å². The van der Waals surface area contributed by atoms with Crippen molar-refractivity contribution >= 4 is 5.91 Å². The summed E-state index contributed by atoms with van der Waals surface area (Å²) in [5, 5.41) is 3.01. The molecule has 0 aliphatic heterocycles. The van der Waals surface area contributed by atoms with Crippen molar-refractivity contribution in [3.05, 3.63) is 0 Å². The number of hydrogen-bond acceptors (Lipinski definition) is 3. The highest BCUT2D eigenvalue weighted by molar-refractivity contribution is 5.76. The molecule has 0 aromatic heterocycles. The Morgan fingerprint density at radius 3 is 2.18 bits per heavy atom. The van der Waals surface area contributed by atoms with Crippen molar-refractivity contribution in [1.82, 2.24) is 15.1 Å². The summed E-state index contributed by atoms with van der Waals surface area (Å²) in [6, 6.07) is 0. The number of rotatable bonds is 10. The van der Waals surface area contributed by atoms with Crippen molar-refractivity contribution in [2.24, 2.45) is 0 Å². The Kier molecular flexibility index (Phi) is 10.2. The second-order valence-electron chi connectivity index (χ2n) is 4.21. The minimum atomic E-state index is 0.265. The van der Waals surface area contributed by atoms with Gasteiger partial charge in [-0.25, -0.2) is 0 Å². The minimum absolute atomic E-state index is 0.265. The van der Waals surface area contributed by atoms with Gasteiger partial charge >= 0.3 is 0 Å². The van der Waals surface area contributed by atoms with Crippen LogP contribution in [-0.4, -0.2) is 62.0 Å². The maximum Gasteiger partial charge on any atom is 0.223 e. The van der Waals surface area contributed by atoms with Gasteiger partial charge in [0.15, 0.2) is 0 Å². The van der Waals surface area contributed by atoms with E-state index in [9.17, 15) is 4.79 Å². The smallest absolute Gasteiger partial charge is 0.223 e. The number of carbonyl (C=O) groups is 1. The highest BCUT2D eigenvalue weighted by atomic mass is 16.2. The predicted molar refractivity (Wildman–Crippen MR) is 73.2 cm³/mol. The Morgan fingerprint density at radius 1 is 1.06 bits per heavy atom. The molecule has 0 atom stereocenters. The lowest BCUT2D eigenvalue weighted by Gasteiger charge is -2.23. The number of hydrogen-bond donors (Lipinski definition) is 1. The molecule has 1 N–H and O–H groups in total. The maximum atomic E-state index is 11.8. The van der Waals surface area contributed by atoms with Gasteiger partial charge < -0.3 is 15.1 Å². The van der Waals surface area contributed by atoms with Crippen molar-refractivity contribution in [2.45, 2.75) is 33.6 Å². The SMILES string of the molecule is CCN(CC)CCCN(CC)C(=O)CCNC. The highest BCUT2D eigenvalue weighted by Crippen LogP contribution is 1.98. The maximum absolute atomic E-state index is 11.8. The molecular weight excluding hydrogens is 214 g/mol. The van der Waals surface area contributed by atoms with E-state index in [2.05, 4.69) is 31.0 Å². The zero-order valence-electron chi connectivity index (χ0n) is 12.0. The molecule has 0 aliphatic rings. The summed E-state index contributed by atoms with van der Waals surface area (Å²) >= 11 is 0. The van der Waals surface area contributed by atoms with Gasteiger partial charge in [0, 0.05) is 26.1 Å². The van der Waals surface area contributed by atoms with Gasteiger partial charge in [-0.1, -0.05) is 13.8 Å². The Hall–Kier alpha value is -0.610. The summed E-state index contributed by atoms with van der Waals surface area (Å²) in [5.74, 6) is 0.265. The number of nitrogens with zero attached hydrogens (tertiary/aromatic N) is 2. The molecule has 4 heteroatoms. The van der Waals surface area contributed by atoms with E-state index in [0.29, 0.717) is 6.42 Å². The van der Waals surface area contributed by atoms with E-state index in [1.807, 2.05) is 11.9 Å². The van der Waals surface area contributed by atoms with E-state index in [4.69, 9.17) is 0 Å². The van der Waals surface area contributed by atoms with Crippen LogP contribution in [0.5, 0.6) is 0 Å². The molecule has 0 heterocycles. The molecule has 0 rings (SSSR count). The molecule has 0 spiro atoms. The van der Waals surface area contributed by atoms with Crippen LogP contribution >= 0.6 is 0 Å². The Morgan fingerprint density at radius 2 is 1.71 bits per heavy atom. The lowest BCUT2D eigenvalue weighted by atomic mass is 10.3. The summed E-state index contributed by atoms with van der Waals surface area (Å²) in [6.07, 6.45) is 1.68. The molecular formula is C13H29N3O. The Bertz CT molecular complexity index is 193. The van der Waals surface area contributed by atoms with Crippen LogP contribution in [-0.2, 0) is 4.79 Å². The monoisotopic (exact) mass is 243 g/mol. The third-order valence-electron chi connectivity index (χ3n) is 3.12. The van der Waals surface area contributed by atoms with Gasteiger partial charge in [0.2, 0.25) is 5.91 Å². The highest BCUT2D eigenvalue weighted by Gasteiger charge is 2.10. The fraction of sp³-hybridized carbons (Fsp3) is 0.923. The van der Waals surface area contributed by atoms with Crippen molar-refractivity contribution in [3.8, 4) is 0 Å². The van der Waals surface area contributed by atoms with Crippen LogP contribution in [0.4, 0.5) is 0 Å². The first-order valence-corrected chi connectivity index (χ1v) is 6.84. The lowest BCUT2D eigenvalue weighted by Crippen LogP contribution is -2.35.